The van der Waals surface area contributed by atoms with Crippen molar-refractivity contribution in [2.75, 3.05) is 13.6 Å². The fourth-order valence-electron chi connectivity index (χ4n) is 2.44. The highest BCUT2D eigenvalue weighted by atomic mass is 19.1. The number of carbonyl (C=O) groups is 2. The number of ketones is 1. The van der Waals surface area contributed by atoms with E-state index in [1.807, 2.05) is 0 Å². The molecule has 1 fully saturated rings. The molecule has 7 heteroatoms. The summed E-state index contributed by atoms with van der Waals surface area (Å²) >= 11 is 0. The summed E-state index contributed by atoms with van der Waals surface area (Å²) in [5.41, 5.74) is 1.18. The molecule has 1 saturated heterocycles. The van der Waals surface area contributed by atoms with E-state index in [2.05, 4.69) is 5.10 Å². The number of halogens is 1. The van der Waals surface area contributed by atoms with Crippen LogP contribution in [0.4, 0.5) is 4.39 Å². The lowest BCUT2D eigenvalue weighted by Crippen LogP contribution is -2.22. The topological polar surface area (TPSA) is 75.4 Å². The molecular weight excluding hydrogens is 301 g/mol. The molecule has 1 aliphatic heterocycles. The smallest absolute Gasteiger partial charge is 0.294 e. The van der Waals surface area contributed by atoms with Gasteiger partial charge in [-0.2, -0.15) is 5.10 Å². The van der Waals surface area contributed by atoms with E-state index in [4.69, 9.17) is 0 Å². The Bertz CT molecular complexity index is 808. The summed E-state index contributed by atoms with van der Waals surface area (Å²) in [5.74, 6) is -1.94. The van der Waals surface area contributed by atoms with Crippen molar-refractivity contribution in [3.05, 3.63) is 59.2 Å². The third-order valence-corrected chi connectivity index (χ3v) is 3.70. The maximum absolute atomic E-state index is 12.9. The van der Waals surface area contributed by atoms with Gasteiger partial charge in [0.2, 0.25) is 0 Å². The molecule has 118 valence electrons. The molecule has 23 heavy (non-hydrogen) atoms. The predicted octanol–water partition coefficient (Wildman–Crippen LogP) is 1.38. The molecule has 3 rings (SSSR count). The fraction of sp³-hybridized carbons (Fsp3) is 0.188. The predicted molar refractivity (Wildman–Crippen MR) is 79.9 cm³/mol. The van der Waals surface area contributed by atoms with E-state index in [1.165, 1.54) is 35.0 Å². The van der Waals surface area contributed by atoms with Crippen molar-refractivity contribution in [2.24, 2.45) is 0 Å². The summed E-state index contributed by atoms with van der Waals surface area (Å²) in [5, 5.41) is 14.5. The van der Waals surface area contributed by atoms with E-state index in [9.17, 15) is 19.1 Å². The van der Waals surface area contributed by atoms with Gasteiger partial charge in [-0.25, -0.2) is 4.39 Å². The Morgan fingerprint density at radius 2 is 1.96 bits per heavy atom. The minimum Gasteiger partial charge on any atom is -0.505 e. The number of rotatable bonds is 3. The first kappa shape index (κ1) is 15.0. The molecule has 1 aromatic carbocycles. The monoisotopic (exact) mass is 315 g/mol. The maximum atomic E-state index is 12.9. The molecule has 0 spiro atoms. The van der Waals surface area contributed by atoms with Crippen molar-refractivity contribution >= 4 is 17.4 Å². The molecule has 0 bridgehead atoms. The third kappa shape index (κ3) is 2.73. The number of carbonyl (C=O) groups excluding carboxylic acids is 2. The average Bonchev–Trinajstić information content (AvgIpc) is 3.09. The van der Waals surface area contributed by atoms with E-state index >= 15 is 0 Å². The molecule has 1 amide bonds. The van der Waals surface area contributed by atoms with Gasteiger partial charge in [0.1, 0.15) is 17.3 Å². The van der Waals surface area contributed by atoms with Crippen LogP contribution in [0.1, 0.15) is 11.3 Å². The summed E-state index contributed by atoms with van der Waals surface area (Å²) < 4.78 is 14.4. The SMILES string of the molecule is CN1CC(=C(O)c2ccnn2Cc2ccc(F)cc2)C(=O)C1=O. The molecule has 6 nitrogen and oxygen atoms in total. The Hall–Kier alpha value is -2.96. The fourth-order valence-corrected chi connectivity index (χ4v) is 2.44. The van der Waals surface area contributed by atoms with Crippen LogP contribution in [0.3, 0.4) is 0 Å². The Labute approximate surface area is 131 Å². The molecule has 0 radical (unpaired) electrons. The molecule has 1 N–H and O–H groups in total. The minimum atomic E-state index is -0.709. The minimum absolute atomic E-state index is 0.0540. The van der Waals surface area contributed by atoms with Crippen molar-refractivity contribution in [1.29, 1.82) is 0 Å². The second-order valence-corrected chi connectivity index (χ2v) is 5.32. The number of benzene rings is 1. The number of likely N-dealkylation sites (N-methyl/N-ethyl adjacent to an activating group) is 1. The van der Waals surface area contributed by atoms with Crippen molar-refractivity contribution in [1.82, 2.24) is 14.7 Å². The summed E-state index contributed by atoms with van der Waals surface area (Å²) in [6.45, 7) is 0.364. The van der Waals surface area contributed by atoms with Crippen molar-refractivity contribution < 1.29 is 19.1 Å². The number of aromatic nitrogens is 2. The Balaban J connectivity index is 1.93. The molecule has 2 heterocycles. The first-order valence-corrected chi connectivity index (χ1v) is 6.96. The number of nitrogens with zero attached hydrogens (tertiary/aromatic N) is 3. The van der Waals surface area contributed by atoms with Gasteiger partial charge >= 0.3 is 0 Å². The summed E-state index contributed by atoms with van der Waals surface area (Å²) in [6.07, 6.45) is 1.49. The summed E-state index contributed by atoms with van der Waals surface area (Å²) in [6, 6.07) is 7.46. The van der Waals surface area contributed by atoms with Gasteiger partial charge < -0.3 is 10.0 Å². The Kier molecular flexibility index (Phi) is 3.69. The molecule has 1 aliphatic rings. The van der Waals surface area contributed by atoms with Gasteiger partial charge in [0.05, 0.1) is 18.7 Å². The van der Waals surface area contributed by atoms with Crippen molar-refractivity contribution in [3.8, 4) is 0 Å². The lowest BCUT2D eigenvalue weighted by Gasteiger charge is -2.09. The van der Waals surface area contributed by atoms with Crippen LogP contribution < -0.4 is 0 Å². The Morgan fingerprint density at radius 1 is 1.26 bits per heavy atom. The molecule has 0 unspecified atom stereocenters. The molecule has 0 atom stereocenters. The first-order valence-electron chi connectivity index (χ1n) is 6.96. The van der Waals surface area contributed by atoms with Crippen molar-refractivity contribution in [2.45, 2.75) is 6.54 Å². The van der Waals surface area contributed by atoms with Crippen LogP contribution in [0.15, 0.2) is 42.1 Å². The first-order chi connectivity index (χ1) is 11.0. The molecule has 0 saturated carbocycles. The van der Waals surface area contributed by atoms with Gasteiger partial charge in [0.25, 0.3) is 11.7 Å². The number of likely N-dealkylation sites (tertiary alicyclic amines) is 1. The van der Waals surface area contributed by atoms with E-state index in [1.54, 1.807) is 18.2 Å². The van der Waals surface area contributed by atoms with Gasteiger partial charge in [-0.15, -0.1) is 0 Å². The molecule has 2 aromatic rings. The van der Waals surface area contributed by atoms with Crippen LogP contribution in [-0.2, 0) is 16.1 Å². The largest absolute Gasteiger partial charge is 0.505 e. The van der Waals surface area contributed by atoms with Crippen molar-refractivity contribution in [3.63, 3.8) is 0 Å². The molecule has 0 aliphatic carbocycles. The van der Waals surface area contributed by atoms with Crippen LogP contribution in [0.2, 0.25) is 0 Å². The van der Waals surface area contributed by atoms with E-state index in [0.717, 1.165) is 5.56 Å². The highest BCUT2D eigenvalue weighted by Crippen LogP contribution is 2.22. The number of hydrogen-bond donors (Lipinski definition) is 1. The zero-order valence-corrected chi connectivity index (χ0v) is 12.4. The third-order valence-electron chi connectivity index (χ3n) is 3.70. The number of aliphatic hydroxyl groups excluding tert-OH is 1. The zero-order chi connectivity index (χ0) is 16.6. The highest BCUT2D eigenvalue weighted by Gasteiger charge is 2.35. The average molecular weight is 315 g/mol. The molecular formula is C16H14FN3O3. The standard InChI is InChI=1S/C16H14FN3O3/c1-19-9-12(15(22)16(19)23)14(21)13-6-7-18-20(13)8-10-2-4-11(17)5-3-10/h2-7,21H,8-9H2,1H3. The van der Waals surface area contributed by atoms with E-state index in [0.29, 0.717) is 12.2 Å². The summed E-state index contributed by atoms with van der Waals surface area (Å²) in [7, 11) is 1.50. The van der Waals surface area contributed by atoms with Crippen LogP contribution >= 0.6 is 0 Å². The normalized spacial score (nSPS) is 17.0. The zero-order valence-electron chi connectivity index (χ0n) is 12.4. The Morgan fingerprint density at radius 3 is 2.57 bits per heavy atom. The van der Waals surface area contributed by atoms with E-state index in [-0.39, 0.29) is 23.7 Å². The van der Waals surface area contributed by atoms with Crippen LogP contribution in [-0.4, -0.2) is 45.1 Å². The van der Waals surface area contributed by atoms with Crippen LogP contribution in [0.25, 0.3) is 5.76 Å². The van der Waals surface area contributed by atoms with E-state index < -0.39 is 11.7 Å². The molecule has 1 aromatic heterocycles. The van der Waals surface area contributed by atoms with Gasteiger partial charge in [0.15, 0.2) is 0 Å². The maximum Gasteiger partial charge on any atom is 0.294 e. The number of Topliss-reactive ketones (excluding diaryl/α,β-unsaturated/α-hetero) is 1. The van der Waals surface area contributed by atoms with Crippen LogP contribution in [0, 0.1) is 5.82 Å². The lowest BCUT2D eigenvalue weighted by molar-refractivity contribution is -0.138. The van der Waals surface area contributed by atoms with Gasteiger partial charge in [0, 0.05) is 13.2 Å². The number of aliphatic hydroxyl groups is 1. The summed E-state index contributed by atoms with van der Waals surface area (Å²) in [4.78, 5) is 24.7. The number of amides is 1. The second-order valence-electron chi connectivity index (χ2n) is 5.32. The van der Waals surface area contributed by atoms with Gasteiger partial charge in [-0.3, -0.25) is 14.3 Å². The lowest BCUT2D eigenvalue weighted by atomic mass is 10.1. The second kappa shape index (κ2) is 5.68. The van der Waals surface area contributed by atoms with Gasteiger partial charge in [-0.1, -0.05) is 12.1 Å². The number of hydrogen-bond acceptors (Lipinski definition) is 4. The van der Waals surface area contributed by atoms with Crippen LogP contribution in [0.5, 0.6) is 0 Å². The quantitative estimate of drug-likeness (QED) is 0.527. The van der Waals surface area contributed by atoms with Gasteiger partial charge in [-0.05, 0) is 23.8 Å². The highest BCUT2D eigenvalue weighted by molar-refractivity contribution is 6.46.